The molecule has 0 saturated heterocycles. The summed E-state index contributed by atoms with van der Waals surface area (Å²) in [6.07, 6.45) is -1.03. The molecule has 0 heterocycles. The molecule has 1 aromatic rings. The van der Waals surface area contributed by atoms with Gasteiger partial charge in [-0.15, -0.1) is 0 Å². The molecule has 17 heavy (non-hydrogen) atoms. The van der Waals surface area contributed by atoms with E-state index in [0.717, 1.165) is 0 Å². The molecule has 0 aliphatic rings. The monoisotopic (exact) mass is 256 g/mol. The largest absolute Gasteiger partial charge is 0.497 e. The summed E-state index contributed by atoms with van der Waals surface area (Å²) in [4.78, 5) is 10.9. The third-order valence-electron chi connectivity index (χ3n) is 2.53. The van der Waals surface area contributed by atoms with Gasteiger partial charge in [0, 0.05) is 5.56 Å². The zero-order chi connectivity index (χ0) is 12.8. The van der Waals surface area contributed by atoms with Crippen LogP contribution in [0.15, 0.2) is 18.2 Å². The van der Waals surface area contributed by atoms with Crippen LogP contribution >= 0.6 is 12.6 Å². The van der Waals surface area contributed by atoms with E-state index in [1.165, 1.54) is 13.2 Å². The van der Waals surface area contributed by atoms with Crippen LogP contribution in [0.1, 0.15) is 28.4 Å². The van der Waals surface area contributed by atoms with E-state index in [-0.39, 0.29) is 0 Å². The lowest BCUT2D eigenvalue weighted by atomic mass is 9.98. The van der Waals surface area contributed by atoms with Crippen LogP contribution in [-0.4, -0.2) is 35.5 Å². The van der Waals surface area contributed by atoms with Crippen LogP contribution < -0.4 is 4.74 Å². The minimum atomic E-state index is -1.09. The number of hydrogen-bond donors (Lipinski definition) is 3. The lowest BCUT2D eigenvalue weighted by Crippen LogP contribution is -2.20. The van der Waals surface area contributed by atoms with E-state index in [1.807, 2.05) is 0 Å². The molecule has 0 radical (unpaired) electrons. The first kappa shape index (κ1) is 14.0. The van der Waals surface area contributed by atoms with Gasteiger partial charge >= 0.3 is 0 Å². The maximum atomic E-state index is 10.9. The van der Waals surface area contributed by atoms with Crippen LogP contribution in [0.2, 0.25) is 0 Å². The van der Waals surface area contributed by atoms with Gasteiger partial charge in [-0.05, 0) is 29.9 Å². The van der Waals surface area contributed by atoms with E-state index >= 15 is 0 Å². The van der Waals surface area contributed by atoms with Gasteiger partial charge in [0.1, 0.15) is 11.9 Å². The second-order valence-electron chi connectivity index (χ2n) is 3.64. The van der Waals surface area contributed by atoms with Crippen LogP contribution in [0.25, 0.3) is 0 Å². The zero-order valence-electron chi connectivity index (χ0n) is 9.54. The Morgan fingerprint density at radius 2 is 2.18 bits per heavy atom. The fourth-order valence-electron chi connectivity index (χ4n) is 1.55. The summed E-state index contributed by atoms with van der Waals surface area (Å²) >= 11 is 3.99. The molecular formula is C12H16O4S. The van der Waals surface area contributed by atoms with Crippen LogP contribution in [-0.2, 0) is 0 Å². The molecule has 2 unspecified atom stereocenters. The summed E-state index contributed by atoms with van der Waals surface area (Å²) in [5, 5.41) is 19.6. The predicted molar refractivity (Wildman–Crippen MR) is 67.8 cm³/mol. The molecule has 0 amide bonds. The molecule has 0 aliphatic heterocycles. The number of carbonyl (C=O) groups is 1. The molecular weight excluding hydrogens is 240 g/mol. The molecule has 1 rings (SSSR count). The van der Waals surface area contributed by atoms with Gasteiger partial charge in [0.25, 0.3) is 0 Å². The van der Waals surface area contributed by atoms with E-state index in [0.29, 0.717) is 35.3 Å². The van der Waals surface area contributed by atoms with Crippen LogP contribution in [0.4, 0.5) is 0 Å². The van der Waals surface area contributed by atoms with E-state index in [4.69, 9.17) is 4.74 Å². The highest BCUT2D eigenvalue weighted by molar-refractivity contribution is 7.80. The molecule has 5 heteroatoms. The molecule has 0 spiro atoms. The number of benzene rings is 1. The van der Waals surface area contributed by atoms with E-state index in [1.54, 1.807) is 12.1 Å². The predicted octanol–water partition coefficient (Wildman–Crippen LogP) is 1.22. The van der Waals surface area contributed by atoms with Crippen molar-refractivity contribution in [3.63, 3.8) is 0 Å². The summed E-state index contributed by atoms with van der Waals surface area (Å²) in [6, 6.07) is 4.74. The Hall–Kier alpha value is -1.04. The van der Waals surface area contributed by atoms with Crippen molar-refractivity contribution in [1.29, 1.82) is 0 Å². The Morgan fingerprint density at radius 1 is 1.47 bits per heavy atom. The molecule has 0 saturated carbocycles. The first-order valence-corrected chi connectivity index (χ1v) is 5.87. The van der Waals surface area contributed by atoms with Crippen molar-refractivity contribution in [3.8, 4) is 5.75 Å². The average Bonchev–Trinajstić information content (AvgIpc) is 2.37. The van der Waals surface area contributed by atoms with Crippen molar-refractivity contribution < 1.29 is 19.7 Å². The third kappa shape index (κ3) is 3.46. The second kappa shape index (κ2) is 6.64. The molecule has 4 nitrogen and oxygen atoms in total. The van der Waals surface area contributed by atoms with Crippen LogP contribution in [0.5, 0.6) is 5.75 Å². The van der Waals surface area contributed by atoms with E-state index in [9.17, 15) is 15.0 Å². The molecule has 0 bridgehead atoms. The average molecular weight is 256 g/mol. The summed E-state index contributed by atoms with van der Waals surface area (Å²) < 4.78 is 4.98. The maximum absolute atomic E-state index is 10.9. The minimum absolute atomic E-state index is 0.315. The molecule has 1 aromatic carbocycles. The number of ether oxygens (including phenoxy) is 1. The van der Waals surface area contributed by atoms with Gasteiger partial charge in [0.15, 0.2) is 6.29 Å². The molecule has 2 N–H and O–H groups in total. The normalized spacial score (nSPS) is 14.1. The Morgan fingerprint density at radius 3 is 2.71 bits per heavy atom. The molecule has 0 aromatic heterocycles. The van der Waals surface area contributed by atoms with Gasteiger partial charge in [-0.2, -0.15) is 12.6 Å². The van der Waals surface area contributed by atoms with Gasteiger partial charge in [0.2, 0.25) is 0 Å². The summed E-state index contributed by atoms with van der Waals surface area (Å²) in [6.45, 7) is 0. The highest BCUT2D eigenvalue weighted by atomic mass is 32.1. The maximum Gasteiger partial charge on any atom is 0.150 e. The lowest BCUT2D eigenvalue weighted by molar-refractivity contribution is 0.0169. The summed E-state index contributed by atoms with van der Waals surface area (Å²) in [5.41, 5.74) is 0.713. The molecule has 0 aliphatic carbocycles. The fourth-order valence-corrected chi connectivity index (χ4v) is 1.81. The van der Waals surface area contributed by atoms with Gasteiger partial charge < -0.3 is 14.9 Å². The quantitative estimate of drug-likeness (QED) is 0.529. The van der Waals surface area contributed by atoms with Gasteiger partial charge in [-0.3, -0.25) is 4.79 Å². The number of aliphatic hydroxyl groups is 2. The Bertz CT molecular complexity index is 381. The first-order chi connectivity index (χ1) is 8.13. The van der Waals surface area contributed by atoms with Crippen LogP contribution in [0.3, 0.4) is 0 Å². The van der Waals surface area contributed by atoms with Crippen molar-refractivity contribution in [3.05, 3.63) is 29.3 Å². The standard InChI is InChI=1S/C12H16O4S/c1-16-9-2-3-10(8(6-9)7-13)12(15)11(14)4-5-17/h2-3,6-7,11-12,14-15,17H,4-5H2,1H3. The lowest BCUT2D eigenvalue weighted by Gasteiger charge is -2.19. The summed E-state index contributed by atoms with van der Waals surface area (Å²) in [7, 11) is 1.50. The highest BCUT2D eigenvalue weighted by Crippen LogP contribution is 2.25. The van der Waals surface area contributed by atoms with Crippen molar-refractivity contribution in [1.82, 2.24) is 0 Å². The molecule has 94 valence electrons. The van der Waals surface area contributed by atoms with Gasteiger partial charge in [-0.1, -0.05) is 6.07 Å². The number of methoxy groups -OCH3 is 1. The number of aliphatic hydroxyl groups excluding tert-OH is 2. The molecule has 2 atom stereocenters. The van der Waals surface area contributed by atoms with Crippen molar-refractivity contribution >= 4 is 18.9 Å². The molecule has 0 fully saturated rings. The SMILES string of the molecule is COc1ccc(C(O)C(O)CCS)c(C=O)c1. The number of hydrogen-bond acceptors (Lipinski definition) is 5. The number of aldehydes is 1. The number of carbonyl (C=O) groups excluding carboxylic acids is 1. The van der Waals surface area contributed by atoms with Crippen molar-refractivity contribution in [2.24, 2.45) is 0 Å². The van der Waals surface area contributed by atoms with Crippen molar-refractivity contribution in [2.75, 3.05) is 12.9 Å². The third-order valence-corrected chi connectivity index (χ3v) is 2.79. The smallest absolute Gasteiger partial charge is 0.150 e. The second-order valence-corrected chi connectivity index (χ2v) is 4.08. The zero-order valence-corrected chi connectivity index (χ0v) is 10.4. The van der Waals surface area contributed by atoms with Crippen molar-refractivity contribution in [2.45, 2.75) is 18.6 Å². The van der Waals surface area contributed by atoms with Gasteiger partial charge in [0.05, 0.1) is 13.2 Å². The first-order valence-electron chi connectivity index (χ1n) is 5.24. The van der Waals surface area contributed by atoms with Crippen LogP contribution in [0, 0.1) is 0 Å². The fraction of sp³-hybridized carbons (Fsp3) is 0.417. The number of rotatable bonds is 6. The Labute approximate surface area is 106 Å². The Balaban J connectivity index is 3.00. The van der Waals surface area contributed by atoms with Gasteiger partial charge in [-0.25, -0.2) is 0 Å². The van der Waals surface area contributed by atoms with E-state index < -0.39 is 12.2 Å². The number of thiol groups is 1. The Kier molecular flexibility index (Phi) is 5.47. The topological polar surface area (TPSA) is 66.8 Å². The minimum Gasteiger partial charge on any atom is -0.497 e. The van der Waals surface area contributed by atoms with E-state index in [2.05, 4.69) is 12.6 Å². The summed E-state index contributed by atoms with van der Waals surface area (Å²) in [5.74, 6) is 0.997. The highest BCUT2D eigenvalue weighted by Gasteiger charge is 2.20.